The molecule has 3 rings (SSSR count). The van der Waals surface area contributed by atoms with Crippen LogP contribution in [0, 0.1) is 13.8 Å². The van der Waals surface area contributed by atoms with Crippen molar-refractivity contribution in [3.05, 3.63) is 23.2 Å². The van der Waals surface area contributed by atoms with Gasteiger partial charge in [-0.25, -0.2) is 0 Å². The highest BCUT2D eigenvalue weighted by molar-refractivity contribution is 5.93. The number of hydrogen-bond acceptors (Lipinski definition) is 5. The number of carboxylic acids is 1. The summed E-state index contributed by atoms with van der Waals surface area (Å²) in [6.07, 6.45) is 0.493. The maximum atomic E-state index is 12.5. The number of hydrogen-bond donors (Lipinski definition) is 1. The van der Waals surface area contributed by atoms with E-state index in [2.05, 4.69) is 0 Å². The van der Waals surface area contributed by atoms with Gasteiger partial charge < -0.3 is 19.2 Å². The molecular formula is C16H22N2O5. The molecule has 1 unspecified atom stereocenters. The van der Waals surface area contributed by atoms with Crippen molar-refractivity contribution in [1.82, 2.24) is 9.80 Å². The van der Waals surface area contributed by atoms with Crippen LogP contribution >= 0.6 is 0 Å². The van der Waals surface area contributed by atoms with Crippen LogP contribution in [-0.2, 0) is 9.53 Å². The van der Waals surface area contributed by atoms with E-state index in [9.17, 15) is 14.7 Å². The lowest BCUT2D eigenvalue weighted by Crippen LogP contribution is -2.61. The Balaban J connectivity index is 1.67. The molecule has 1 aromatic heterocycles. The Kier molecular flexibility index (Phi) is 4.16. The Morgan fingerprint density at radius 1 is 1.22 bits per heavy atom. The van der Waals surface area contributed by atoms with E-state index in [1.165, 1.54) is 0 Å². The largest absolute Gasteiger partial charge is 0.480 e. The van der Waals surface area contributed by atoms with Crippen molar-refractivity contribution in [2.45, 2.75) is 25.8 Å². The average molecular weight is 322 g/mol. The van der Waals surface area contributed by atoms with Crippen molar-refractivity contribution >= 4 is 11.9 Å². The summed E-state index contributed by atoms with van der Waals surface area (Å²) in [4.78, 5) is 27.9. The van der Waals surface area contributed by atoms with E-state index in [0.717, 1.165) is 11.3 Å². The third-order valence-electron chi connectivity index (χ3n) is 4.81. The first-order valence-corrected chi connectivity index (χ1v) is 7.86. The molecule has 3 heterocycles. The van der Waals surface area contributed by atoms with Gasteiger partial charge in [0.25, 0.3) is 5.91 Å². The molecule has 23 heavy (non-hydrogen) atoms. The molecule has 2 saturated heterocycles. The van der Waals surface area contributed by atoms with Gasteiger partial charge in [0.2, 0.25) is 0 Å². The summed E-state index contributed by atoms with van der Waals surface area (Å²) in [6.45, 7) is 6.40. The number of carbonyl (C=O) groups is 2. The molecule has 0 bridgehead atoms. The van der Waals surface area contributed by atoms with Crippen LogP contribution < -0.4 is 0 Å². The second-order valence-corrected chi connectivity index (χ2v) is 6.29. The van der Waals surface area contributed by atoms with E-state index in [4.69, 9.17) is 9.15 Å². The Labute approximate surface area is 134 Å². The fourth-order valence-electron chi connectivity index (χ4n) is 3.44. The lowest BCUT2D eigenvalue weighted by molar-refractivity contribution is -0.152. The van der Waals surface area contributed by atoms with E-state index < -0.39 is 11.5 Å². The number of piperazine rings is 1. The summed E-state index contributed by atoms with van der Waals surface area (Å²) in [5.41, 5.74) is -0.104. The maximum absolute atomic E-state index is 12.5. The Morgan fingerprint density at radius 2 is 1.91 bits per heavy atom. The van der Waals surface area contributed by atoms with Crippen molar-refractivity contribution in [2.75, 3.05) is 39.4 Å². The lowest BCUT2D eigenvalue weighted by atomic mass is 9.95. The van der Waals surface area contributed by atoms with Crippen LogP contribution in [0.4, 0.5) is 0 Å². The van der Waals surface area contributed by atoms with Crippen LogP contribution in [0.3, 0.4) is 0 Å². The molecule has 7 nitrogen and oxygen atoms in total. The fraction of sp³-hybridized carbons (Fsp3) is 0.625. The predicted octanol–water partition coefficient (Wildman–Crippen LogP) is 0.898. The second kappa shape index (κ2) is 5.98. The number of ether oxygens (including phenoxy) is 1. The van der Waals surface area contributed by atoms with Gasteiger partial charge in [-0.2, -0.15) is 0 Å². The van der Waals surface area contributed by atoms with Gasteiger partial charge in [0.1, 0.15) is 11.3 Å². The standard InChI is InChI=1S/C16H22N2O5/c1-11-9-12(2)23-13(11)14(19)17-4-6-18(7-5-17)16(15(20)21)3-8-22-10-16/h9H,3-8,10H2,1-2H3,(H,20,21). The first-order chi connectivity index (χ1) is 10.9. The van der Waals surface area contributed by atoms with Crippen LogP contribution in [0.25, 0.3) is 0 Å². The van der Waals surface area contributed by atoms with Gasteiger partial charge in [-0.3, -0.25) is 14.5 Å². The third-order valence-corrected chi connectivity index (χ3v) is 4.81. The first-order valence-electron chi connectivity index (χ1n) is 7.86. The number of furan rings is 1. The number of carboxylic acid groups (broad SMARTS) is 1. The van der Waals surface area contributed by atoms with Crippen LogP contribution in [0.15, 0.2) is 10.5 Å². The minimum Gasteiger partial charge on any atom is -0.480 e. The van der Waals surface area contributed by atoms with E-state index in [1.54, 1.807) is 4.90 Å². The second-order valence-electron chi connectivity index (χ2n) is 6.29. The molecule has 1 amide bonds. The Bertz CT molecular complexity index is 610. The van der Waals surface area contributed by atoms with Crippen molar-refractivity contribution < 1.29 is 23.8 Å². The minimum atomic E-state index is -0.938. The molecule has 0 radical (unpaired) electrons. The Morgan fingerprint density at radius 3 is 2.39 bits per heavy atom. The molecule has 0 spiro atoms. The highest BCUT2D eigenvalue weighted by Crippen LogP contribution is 2.28. The number of aliphatic carboxylic acids is 1. The number of amides is 1. The van der Waals surface area contributed by atoms with Crippen molar-refractivity contribution in [1.29, 1.82) is 0 Å². The quantitative estimate of drug-likeness (QED) is 0.890. The first kappa shape index (κ1) is 16.0. The summed E-state index contributed by atoms with van der Waals surface area (Å²) in [5.74, 6) is 0.139. The van der Waals surface area contributed by atoms with E-state index in [-0.39, 0.29) is 12.5 Å². The van der Waals surface area contributed by atoms with E-state index in [0.29, 0.717) is 45.0 Å². The molecule has 1 atom stereocenters. The third kappa shape index (κ3) is 2.74. The number of nitrogens with zero attached hydrogens (tertiary/aromatic N) is 2. The topological polar surface area (TPSA) is 83.2 Å². The molecule has 2 fully saturated rings. The molecule has 126 valence electrons. The average Bonchev–Trinajstić information content (AvgIpc) is 3.14. The van der Waals surface area contributed by atoms with Gasteiger partial charge in [-0.05, 0) is 19.9 Å². The van der Waals surface area contributed by atoms with Crippen molar-refractivity contribution in [3.8, 4) is 0 Å². The minimum absolute atomic E-state index is 0.123. The molecule has 7 heteroatoms. The lowest BCUT2D eigenvalue weighted by Gasteiger charge is -2.42. The summed E-state index contributed by atoms with van der Waals surface area (Å²) in [5, 5.41) is 9.59. The molecule has 1 N–H and O–H groups in total. The van der Waals surface area contributed by atoms with Crippen LogP contribution in [0.1, 0.15) is 28.3 Å². The summed E-state index contributed by atoms with van der Waals surface area (Å²) in [6, 6.07) is 1.85. The maximum Gasteiger partial charge on any atom is 0.326 e. The number of carbonyl (C=O) groups excluding carboxylic acids is 1. The van der Waals surface area contributed by atoms with Crippen molar-refractivity contribution in [2.24, 2.45) is 0 Å². The van der Waals surface area contributed by atoms with Gasteiger partial charge in [0, 0.05) is 44.8 Å². The molecule has 0 aromatic carbocycles. The molecule has 0 saturated carbocycles. The van der Waals surface area contributed by atoms with Gasteiger partial charge in [0.05, 0.1) is 6.61 Å². The molecular weight excluding hydrogens is 300 g/mol. The monoisotopic (exact) mass is 322 g/mol. The van der Waals surface area contributed by atoms with Crippen LogP contribution in [-0.4, -0.2) is 71.7 Å². The molecule has 1 aromatic rings. The summed E-state index contributed by atoms with van der Waals surface area (Å²) >= 11 is 0. The van der Waals surface area contributed by atoms with Gasteiger partial charge in [-0.1, -0.05) is 0 Å². The van der Waals surface area contributed by atoms with Gasteiger partial charge in [-0.15, -0.1) is 0 Å². The van der Waals surface area contributed by atoms with Gasteiger partial charge in [0.15, 0.2) is 5.76 Å². The number of rotatable bonds is 3. The normalized spacial score (nSPS) is 25.7. The molecule has 2 aliphatic heterocycles. The smallest absolute Gasteiger partial charge is 0.326 e. The molecule has 0 aliphatic carbocycles. The summed E-state index contributed by atoms with van der Waals surface area (Å²) < 4.78 is 10.8. The zero-order valence-electron chi connectivity index (χ0n) is 13.5. The highest BCUT2D eigenvalue weighted by atomic mass is 16.5. The fourth-order valence-corrected chi connectivity index (χ4v) is 3.44. The van der Waals surface area contributed by atoms with Gasteiger partial charge >= 0.3 is 5.97 Å². The SMILES string of the molecule is Cc1cc(C)c(C(=O)N2CCN(C3(C(=O)O)CCOC3)CC2)o1. The van der Waals surface area contributed by atoms with Crippen LogP contribution in [0.5, 0.6) is 0 Å². The predicted molar refractivity (Wildman–Crippen MR) is 81.5 cm³/mol. The van der Waals surface area contributed by atoms with Crippen LogP contribution in [0.2, 0.25) is 0 Å². The number of aryl methyl sites for hydroxylation is 2. The van der Waals surface area contributed by atoms with E-state index in [1.807, 2.05) is 24.8 Å². The highest BCUT2D eigenvalue weighted by Gasteiger charge is 2.48. The molecule has 2 aliphatic rings. The zero-order valence-corrected chi connectivity index (χ0v) is 13.5. The van der Waals surface area contributed by atoms with Crippen molar-refractivity contribution in [3.63, 3.8) is 0 Å². The zero-order chi connectivity index (χ0) is 16.6. The van der Waals surface area contributed by atoms with E-state index >= 15 is 0 Å². The Hall–Kier alpha value is -1.86. The summed E-state index contributed by atoms with van der Waals surface area (Å²) in [7, 11) is 0.